The topological polar surface area (TPSA) is 32.3 Å². The van der Waals surface area contributed by atoms with Gasteiger partial charge in [0.1, 0.15) is 5.82 Å². The Labute approximate surface area is 107 Å². The van der Waals surface area contributed by atoms with Crippen molar-refractivity contribution in [2.45, 2.75) is 25.8 Å². The molecule has 0 aliphatic carbocycles. The number of carbonyl (C=O) groups is 1. The summed E-state index contributed by atoms with van der Waals surface area (Å²) in [5, 5.41) is 3.29. The minimum absolute atomic E-state index is 0.105. The van der Waals surface area contributed by atoms with Crippen molar-refractivity contribution in [3.8, 4) is 0 Å². The van der Waals surface area contributed by atoms with E-state index in [1.54, 1.807) is 12.1 Å². The summed E-state index contributed by atoms with van der Waals surface area (Å²) in [6.45, 7) is 6.48. The second-order valence-corrected chi connectivity index (χ2v) is 5.34. The highest BCUT2D eigenvalue weighted by Gasteiger charge is 2.32. The number of nitrogens with one attached hydrogen (secondary N) is 1. The van der Waals surface area contributed by atoms with Crippen LogP contribution in [-0.4, -0.2) is 36.0 Å². The number of amides is 1. The molecule has 1 fully saturated rings. The van der Waals surface area contributed by atoms with Crippen molar-refractivity contribution in [1.82, 2.24) is 10.2 Å². The zero-order chi connectivity index (χ0) is 13.2. The van der Waals surface area contributed by atoms with Crippen LogP contribution in [-0.2, 0) is 11.2 Å². The Morgan fingerprint density at radius 2 is 2.06 bits per heavy atom. The van der Waals surface area contributed by atoms with Crippen LogP contribution < -0.4 is 5.32 Å². The maximum Gasteiger partial charge on any atom is 0.227 e. The monoisotopic (exact) mass is 250 g/mol. The summed E-state index contributed by atoms with van der Waals surface area (Å²) in [7, 11) is 0. The predicted molar refractivity (Wildman–Crippen MR) is 68.8 cm³/mol. The smallest absolute Gasteiger partial charge is 0.227 e. The molecule has 1 heterocycles. The van der Waals surface area contributed by atoms with Crippen molar-refractivity contribution in [2.24, 2.45) is 0 Å². The summed E-state index contributed by atoms with van der Waals surface area (Å²) in [6.07, 6.45) is 0.337. The number of carbonyl (C=O) groups excluding carboxylic acids is 1. The van der Waals surface area contributed by atoms with E-state index in [2.05, 4.69) is 19.2 Å². The number of hydrogen-bond acceptors (Lipinski definition) is 2. The summed E-state index contributed by atoms with van der Waals surface area (Å²) in [5.74, 6) is -0.165. The molecule has 18 heavy (non-hydrogen) atoms. The van der Waals surface area contributed by atoms with E-state index in [0.717, 1.165) is 25.2 Å². The Hall–Kier alpha value is -1.42. The van der Waals surface area contributed by atoms with Crippen LogP contribution in [0.2, 0.25) is 0 Å². The molecule has 0 saturated carbocycles. The Balaban J connectivity index is 2.05. The van der Waals surface area contributed by atoms with Crippen LogP contribution in [0, 0.1) is 5.82 Å². The highest BCUT2D eigenvalue weighted by Crippen LogP contribution is 2.18. The predicted octanol–water partition coefficient (Wildman–Crippen LogP) is 1.58. The van der Waals surface area contributed by atoms with Gasteiger partial charge in [0.25, 0.3) is 0 Å². The zero-order valence-electron chi connectivity index (χ0n) is 10.9. The largest absolute Gasteiger partial charge is 0.335 e. The molecule has 0 aromatic heterocycles. The fourth-order valence-electron chi connectivity index (χ4n) is 2.32. The van der Waals surface area contributed by atoms with E-state index in [9.17, 15) is 9.18 Å². The third kappa shape index (κ3) is 2.88. The van der Waals surface area contributed by atoms with E-state index in [1.165, 1.54) is 12.1 Å². The van der Waals surface area contributed by atoms with E-state index in [1.807, 2.05) is 4.90 Å². The first-order chi connectivity index (χ1) is 8.49. The van der Waals surface area contributed by atoms with Crippen molar-refractivity contribution in [2.75, 3.05) is 19.6 Å². The van der Waals surface area contributed by atoms with Gasteiger partial charge in [-0.05, 0) is 31.5 Å². The minimum atomic E-state index is -0.270. The molecule has 1 aromatic carbocycles. The Kier molecular flexibility index (Phi) is 3.66. The van der Waals surface area contributed by atoms with Crippen LogP contribution in [0.15, 0.2) is 24.3 Å². The van der Waals surface area contributed by atoms with E-state index >= 15 is 0 Å². The van der Waals surface area contributed by atoms with Crippen molar-refractivity contribution in [3.05, 3.63) is 35.6 Å². The second kappa shape index (κ2) is 5.06. The van der Waals surface area contributed by atoms with Gasteiger partial charge in [-0.15, -0.1) is 0 Å². The summed E-state index contributed by atoms with van der Waals surface area (Å²) >= 11 is 0. The molecular weight excluding hydrogens is 231 g/mol. The van der Waals surface area contributed by atoms with Crippen LogP contribution in [0.3, 0.4) is 0 Å². The zero-order valence-corrected chi connectivity index (χ0v) is 10.9. The van der Waals surface area contributed by atoms with Gasteiger partial charge in [0.05, 0.1) is 6.42 Å². The average molecular weight is 250 g/mol. The van der Waals surface area contributed by atoms with E-state index in [0.29, 0.717) is 6.42 Å². The molecular formula is C14H19FN2O. The van der Waals surface area contributed by atoms with Crippen molar-refractivity contribution in [3.63, 3.8) is 0 Å². The molecule has 0 spiro atoms. The lowest BCUT2D eigenvalue weighted by Gasteiger charge is -2.43. The molecule has 1 aliphatic heterocycles. The third-order valence-electron chi connectivity index (χ3n) is 3.37. The number of piperazine rings is 1. The molecule has 4 heteroatoms. The van der Waals surface area contributed by atoms with Crippen LogP contribution in [0.4, 0.5) is 4.39 Å². The van der Waals surface area contributed by atoms with E-state index in [4.69, 9.17) is 0 Å². The van der Waals surface area contributed by atoms with Gasteiger partial charge in [-0.2, -0.15) is 0 Å². The van der Waals surface area contributed by atoms with Crippen LogP contribution in [0.25, 0.3) is 0 Å². The van der Waals surface area contributed by atoms with Gasteiger partial charge in [-0.1, -0.05) is 12.1 Å². The van der Waals surface area contributed by atoms with Crippen LogP contribution >= 0.6 is 0 Å². The molecule has 1 aliphatic rings. The number of halogens is 1. The van der Waals surface area contributed by atoms with Crippen molar-refractivity contribution >= 4 is 5.91 Å². The standard InChI is InChI=1S/C14H19FN2O/c1-14(2)10-16-7-8-17(14)13(18)9-11-3-5-12(15)6-4-11/h3-6,16H,7-10H2,1-2H3. The van der Waals surface area contributed by atoms with Crippen LogP contribution in [0.1, 0.15) is 19.4 Å². The first-order valence-corrected chi connectivity index (χ1v) is 6.25. The quantitative estimate of drug-likeness (QED) is 0.864. The number of rotatable bonds is 2. The second-order valence-electron chi connectivity index (χ2n) is 5.34. The highest BCUT2D eigenvalue weighted by atomic mass is 19.1. The average Bonchev–Trinajstić information content (AvgIpc) is 2.31. The molecule has 3 nitrogen and oxygen atoms in total. The number of benzene rings is 1. The van der Waals surface area contributed by atoms with Gasteiger partial charge < -0.3 is 10.2 Å². The fraction of sp³-hybridized carbons (Fsp3) is 0.500. The molecule has 0 unspecified atom stereocenters. The van der Waals surface area contributed by atoms with Gasteiger partial charge in [-0.3, -0.25) is 4.79 Å². The fourth-order valence-corrected chi connectivity index (χ4v) is 2.32. The van der Waals surface area contributed by atoms with Crippen molar-refractivity contribution < 1.29 is 9.18 Å². The molecule has 98 valence electrons. The summed E-state index contributed by atoms with van der Waals surface area (Å²) in [4.78, 5) is 14.2. The van der Waals surface area contributed by atoms with Gasteiger partial charge >= 0.3 is 0 Å². The number of hydrogen-bond donors (Lipinski definition) is 1. The summed E-state index contributed by atoms with van der Waals surface area (Å²) in [6, 6.07) is 6.13. The lowest BCUT2D eigenvalue weighted by Crippen LogP contribution is -2.60. The first-order valence-electron chi connectivity index (χ1n) is 6.25. The Morgan fingerprint density at radius 1 is 1.39 bits per heavy atom. The highest BCUT2D eigenvalue weighted by molar-refractivity contribution is 5.79. The summed E-state index contributed by atoms with van der Waals surface area (Å²) in [5.41, 5.74) is 0.700. The summed E-state index contributed by atoms with van der Waals surface area (Å²) < 4.78 is 12.8. The van der Waals surface area contributed by atoms with Crippen LogP contribution in [0.5, 0.6) is 0 Å². The molecule has 1 aromatic rings. The molecule has 1 amide bonds. The van der Waals surface area contributed by atoms with Crippen molar-refractivity contribution in [1.29, 1.82) is 0 Å². The Morgan fingerprint density at radius 3 is 2.67 bits per heavy atom. The first kappa shape index (κ1) is 13.0. The third-order valence-corrected chi connectivity index (χ3v) is 3.37. The van der Waals surface area contributed by atoms with Gasteiger partial charge in [0.15, 0.2) is 0 Å². The van der Waals surface area contributed by atoms with Gasteiger partial charge in [0, 0.05) is 25.2 Å². The number of nitrogens with zero attached hydrogens (tertiary/aromatic N) is 1. The normalized spacial score (nSPS) is 18.7. The lowest BCUT2D eigenvalue weighted by molar-refractivity contribution is -0.136. The molecule has 0 radical (unpaired) electrons. The lowest BCUT2D eigenvalue weighted by atomic mass is 9.99. The molecule has 1 N–H and O–H groups in total. The minimum Gasteiger partial charge on any atom is -0.335 e. The molecule has 0 atom stereocenters. The maximum atomic E-state index is 12.8. The Bertz CT molecular complexity index is 428. The maximum absolute atomic E-state index is 12.8. The molecule has 0 bridgehead atoms. The molecule has 2 rings (SSSR count). The van der Waals surface area contributed by atoms with E-state index < -0.39 is 0 Å². The van der Waals surface area contributed by atoms with Gasteiger partial charge in [0.2, 0.25) is 5.91 Å². The van der Waals surface area contributed by atoms with Gasteiger partial charge in [-0.25, -0.2) is 4.39 Å². The SMILES string of the molecule is CC1(C)CNCCN1C(=O)Cc1ccc(F)cc1. The molecule has 1 saturated heterocycles. The van der Waals surface area contributed by atoms with E-state index in [-0.39, 0.29) is 17.3 Å².